The van der Waals surface area contributed by atoms with E-state index >= 15 is 0 Å². The summed E-state index contributed by atoms with van der Waals surface area (Å²) < 4.78 is 19.2. The number of nitrogens with one attached hydrogen (secondary N) is 2. The summed E-state index contributed by atoms with van der Waals surface area (Å²) in [5.41, 5.74) is 0.467. The molecule has 0 fully saturated rings. The van der Waals surface area contributed by atoms with E-state index in [0.29, 0.717) is 17.9 Å². The topological polar surface area (TPSA) is 75.0 Å². The Bertz CT molecular complexity index is 694. The Hall–Kier alpha value is -2.21. The van der Waals surface area contributed by atoms with Crippen LogP contribution in [0, 0.1) is 6.92 Å². The SMILES string of the molecule is Cc1c(CC(F)COCc2ccccc2)[nH]c(=O)[nH]c1=O. The van der Waals surface area contributed by atoms with Crippen molar-refractivity contribution < 1.29 is 9.13 Å². The summed E-state index contributed by atoms with van der Waals surface area (Å²) >= 11 is 0. The minimum atomic E-state index is -1.29. The van der Waals surface area contributed by atoms with Gasteiger partial charge in [0.2, 0.25) is 0 Å². The van der Waals surface area contributed by atoms with Crippen LogP contribution in [0.1, 0.15) is 16.8 Å². The van der Waals surface area contributed by atoms with Crippen molar-refractivity contribution in [3.05, 3.63) is 68.0 Å². The monoisotopic (exact) mass is 292 g/mol. The quantitative estimate of drug-likeness (QED) is 0.846. The Balaban J connectivity index is 1.89. The minimum Gasteiger partial charge on any atom is -0.374 e. The number of aromatic amines is 2. The molecule has 0 saturated heterocycles. The number of benzene rings is 1. The van der Waals surface area contributed by atoms with Crippen LogP contribution in [0.3, 0.4) is 0 Å². The summed E-state index contributed by atoms with van der Waals surface area (Å²) in [5.74, 6) is 0. The molecule has 1 heterocycles. The molecule has 0 amide bonds. The molecule has 1 atom stereocenters. The van der Waals surface area contributed by atoms with Gasteiger partial charge in [0.15, 0.2) is 0 Å². The first-order chi connectivity index (χ1) is 10.1. The van der Waals surface area contributed by atoms with Crippen molar-refractivity contribution in [1.82, 2.24) is 9.97 Å². The molecule has 0 aliphatic rings. The zero-order chi connectivity index (χ0) is 15.2. The zero-order valence-electron chi connectivity index (χ0n) is 11.7. The molecule has 0 radical (unpaired) electrons. The highest BCUT2D eigenvalue weighted by molar-refractivity contribution is 5.15. The van der Waals surface area contributed by atoms with Crippen LogP contribution in [-0.4, -0.2) is 22.7 Å². The van der Waals surface area contributed by atoms with Crippen LogP contribution in [0.5, 0.6) is 0 Å². The number of alkyl halides is 1. The van der Waals surface area contributed by atoms with Crippen LogP contribution >= 0.6 is 0 Å². The van der Waals surface area contributed by atoms with E-state index in [0.717, 1.165) is 5.56 Å². The summed E-state index contributed by atoms with van der Waals surface area (Å²) in [7, 11) is 0. The van der Waals surface area contributed by atoms with Crippen LogP contribution in [-0.2, 0) is 17.8 Å². The van der Waals surface area contributed by atoms with Crippen molar-refractivity contribution in [2.24, 2.45) is 0 Å². The third-order valence-electron chi connectivity index (χ3n) is 3.12. The van der Waals surface area contributed by atoms with Crippen molar-refractivity contribution in [2.45, 2.75) is 26.1 Å². The summed E-state index contributed by atoms with van der Waals surface area (Å²) in [6, 6.07) is 9.46. The van der Waals surface area contributed by atoms with E-state index in [2.05, 4.69) is 9.97 Å². The number of H-pyrrole nitrogens is 2. The van der Waals surface area contributed by atoms with Gasteiger partial charge >= 0.3 is 5.69 Å². The molecule has 112 valence electrons. The van der Waals surface area contributed by atoms with Crippen LogP contribution < -0.4 is 11.2 Å². The molecule has 6 heteroatoms. The predicted octanol–water partition coefficient (Wildman–Crippen LogP) is 1.47. The molecule has 1 unspecified atom stereocenters. The van der Waals surface area contributed by atoms with Gasteiger partial charge in [-0.15, -0.1) is 0 Å². The molecule has 2 N–H and O–H groups in total. The first-order valence-electron chi connectivity index (χ1n) is 6.64. The highest BCUT2D eigenvalue weighted by Crippen LogP contribution is 2.07. The van der Waals surface area contributed by atoms with E-state index in [-0.39, 0.29) is 13.0 Å². The van der Waals surface area contributed by atoms with Gasteiger partial charge in [0, 0.05) is 17.7 Å². The molecular formula is C15H17FN2O3. The highest BCUT2D eigenvalue weighted by atomic mass is 19.1. The number of aromatic nitrogens is 2. The Labute approximate surface area is 120 Å². The number of hydrogen-bond acceptors (Lipinski definition) is 3. The fraction of sp³-hybridized carbons (Fsp3) is 0.333. The minimum absolute atomic E-state index is 0.0558. The lowest BCUT2D eigenvalue weighted by Gasteiger charge is -2.10. The molecule has 0 aliphatic carbocycles. The van der Waals surface area contributed by atoms with Crippen LogP contribution in [0.4, 0.5) is 4.39 Å². The Morgan fingerprint density at radius 2 is 1.90 bits per heavy atom. The van der Waals surface area contributed by atoms with Gasteiger partial charge in [0.25, 0.3) is 5.56 Å². The average molecular weight is 292 g/mol. The van der Waals surface area contributed by atoms with Gasteiger partial charge in [-0.2, -0.15) is 0 Å². The lowest BCUT2D eigenvalue weighted by atomic mass is 10.1. The Morgan fingerprint density at radius 3 is 2.62 bits per heavy atom. The summed E-state index contributed by atoms with van der Waals surface area (Å²) in [6.45, 7) is 1.77. The maximum atomic E-state index is 13.9. The molecule has 2 rings (SSSR count). The number of halogens is 1. The van der Waals surface area contributed by atoms with E-state index < -0.39 is 17.4 Å². The Morgan fingerprint density at radius 1 is 1.19 bits per heavy atom. The van der Waals surface area contributed by atoms with Crippen molar-refractivity contribution in [3.8, 4) is 0 Å². The van der Waals surface area contributed by atoms with E-state index in [4.69, 9.17) is 4.74 Å². The molecule has 2 aromatic rings. The lowest BCUT2D eigenvalue weighted by Crippen LogP contribution is -2.28. The standard InChI is InChI=1S/C15H17FN2O3/c1-10-13(17-15(20)18-14(10)19)7-12(16)9-21-8-11-5-3-2-4-6-11/h2-6,12H,7-9H2,1H3,(H2,17,18,19,20). The second-order valence-corrected chi connectivity index (χ2v) is 4.81. The Kier molecular flexibility index (Phi) is 5.05. The third-order valence-corrected chi connectivity index (χ3v) is 3.12. The van der Waals surface area contributed by atoms with E-state index in [9.17, 15) is 14.0 Å². The average Bonchev–Trinajstić information content (AvgIpc) is 2.45. The number of ether oxygens (including phenoxy) is 1. The largest absolute Gasteiger partial charge is 0.374 e. The molecule has 0 bridgehead atoms. The van der Waals surface area contributed by atoms with Gasteiger partial charge in [-0.3, -0.25) is 9.78 Å². The smallest absolute Gasteiger partial charge is 0.325 e. The summed E-state index contributed by atoms with van der Waals surface area (Å²) in [6.07, 6.45) is -1.34. The van der Waals surface area contributed by atoms with Gasteiger partial charge < -0.3 is 9.72 Å². The third kappa shape index (κ3) is 4.39. The molecule has 1 aromatic heterocycles. The summed E-state index contributed by atoms with van der Waals surface area (Å²) in [5, 5.41) is 0. The summed E-state index contributed by atoms with van der Waals surface area (Å²) in [4.78, 5) is 27.1. The van der Waals surface area contributed by atoms with E-state index in [1.54, 1.807) is 6.92 Å². The van der Waals surface area contributed by atoms with Crippen molar-refractivity contribution in [3.63, 3.8) is 0 Å². The van der Waals surface area contributed by atoms with Gasteiger partial charge in [-0.25, -0.2) is 9.18 Å². The maximum Gasteiger partial charge on any atom is 0.325 e. The van der Waals surface area contributed by atoms with Gasteiger partial charge in [0.1, 0.15) is 6.17 Å². The second-order valence-electron chi connectivity index (χ2n) is 4.81. The first-order valence-corrected chi connectivity index (χ1v) is 6.64. The molecule has 0 aliphatic heterocycles. The fourth-order valence-corrected chi connectivity index (χ4v) is 1.96. The number of hydrogen-bond donors (Lipinski definition) is 2. The first kappa shape index (κ1) is 15.2. The van der Waals surface area contributed by atoms with Crippen LogP contribution in [0.2, 0.25) is 0 Å². The molecular weight excluding hydrogens is 275 g/mol. The zero-order valence-corrected chi connectivity index (χ0v) is 11.7. The molecule has 21 heavy (non-hydrogen) atoms. The van der Waals surface area contributed by atoms with Gasteiger partial charge in [0.05, 0.1) is 13.2 Å². The van der Waals surface area contributed by atoms with Crippen molar-refractivity contribution >= 4 is 0 Å². The molecule has 5 nitrogen and oxygen atoms in total. The van der Waals surface area contributed by atoms with Crippen LogP contribution in [0.25, 0.3) is 0 Å². The normalized spacial score (nSPS) is 12.3. The molecule has 0 spiro atoms. The lowest BCUT2D eigenvalue weighted by molar-refractivity contribution is 0.0693. The second kappa shape index (κ2) is 6.99. The van der Waals surface area contributed by atoms with Gasteiger partial charge in [-0.05, 0) is 12.5 Å². The van der Waals surface area contributed by atoms with E-state index in [1.165, 1.54) is 0 Å². The van der Waals surface area contributed by atoms with Crippen molar-refractivity contribution in [2.75, 3.05) is 6.61 Å². The van der Waals surface area contributed by atoms with Gasteiger partial charge in [-0.1, -0.05) is 30.3 Å². The maximum absolute atomic E-state index is 13.9. The van der Waals surface area contributed by atoms with Crippen LogP contribution in [0.15, 0.2) is 39.9 Å². The van der Waals surface area contributed by atoms with E-state index in [1.807, 2.05) is 30.3 Å². The molecule has 1 aromatic carbocycles. The fourth-order valence-electron chi connectivity index (χ4n) is 1.96. The van der Waals surface area contributed by atoms with Crippen molar-refractivity contribution in [1.29, 1.82) is 0 Å². The number of rotatable bonds is 6. The highest BCUT2D eigenvalue weighted by Gasteiger charge is 2.12. The predicted molar refractivity (Wildman–Crippen MR) is 77.1 cm³/mol. The molecule has 0 saturated carbocycles.